The molecule has 1 fully saturated rings. The van der Waals surface area contributed by atoms with E-state index < -0.39 is 5.60 Å². The van der Waals surface area contributed by atoms with Crippen molar-refractivity contribution in [3.8, 4) is 17.4 Å². The van der Waals surface area contributed by atoms with E-state index in [-0.39, 0.29) is 19.2 Å². The molecule has 7 nitrogen and oxygen atoms in total. The lowest BCUT2D eigenvalue weighted by Crippen LogP contribution is -2.42. The molecule has 0 radical (unpaired) electrons. The third-order valence-electron chi connectivity index (χ3n) is 7.33. The summed E-state index contributed by atoms with van der Waals surface area (Å²) < 4.78 is 17.2. The van der Waals surface area contributed by atoms with Crippen LogP contribution in [0.5, 0.6) is 17.4 Å². The van der Waals surface area contributed by atoms with Gasteiger partial charge >= 0.3 is 5.97 Å². The van der Waals surface area contributed by atoms with Crippen molar-refractivity contribution < 1.29 is 24.1 Å². The van der Waals surface area contributed by atoms with Crippen molar-refractivity contribution in [1.82, 2.24) is 9.88 Å². The Balaban J connectivity index is 1.26. The van der Waals surface area contributed by atoms with Crippen molar-refractivity contribution in [3.05, 3.63) is 88.6 Å². The van der Waals surface area contributed by atoms with Gasteiger partial charge in [-0.3, -0.25) is 4.79 Å². The lowest BCUT2D eigenvalue weighted by Gasteiger charge is -2.38. The molecule has 0 saturated carbocycles. The molecule has 0 bridgehead atoms. The second-order valence-electron chi connectivity index (χ2n) is 9.95. The van der Waals surface area contributed by atoms with Crippen LogP contribution in [0, 0.1) is 0 Å². The van der Waals surface area contributed by atoms with Crippen molar-refractivity contribution in [1.29, 1.82) is 0 Å². The molecule has 8 heteroatoms. The molecular formula is C31H33ClN2O5. The van der Waals surface area contributed by atoms with Crippen LogP contribution in [0.4, 0.5) is 0 Å². The van der Waals surface area contributed by atoms with Crippen molar-refractivity contribution in [2.75, 3.05) is 32.8 Å². The molecule has 1 aromatic heterocycles. The van der Waals surface area contributed by atoms with E-state index in [1.807, 2.05) is 54.6 Å². The SMILES string of the molecule is CC(=O)OCCOc1cccc2c1C/C(=C/CCN1CCC(O)(c3ccc(Cl)cc3)CC1)c1cccnc1O2. The monoisotopic (exact) mass is 548 g/mol. The number of piperidine rings is 1. The van der Waals surface area contributed by atoms with Gasteiger partial charge in [-0.25, -0.2) is 4.98 Å². The minimum absolute atomic E-state index is 0.188. The van der Waals surface area contributed by atoms with Crippen molar-refractivity contribution in [2.45, 2.75) is 38.2 Å². The summed E-state index contributed by atoms with van der Waals surface area (Å²) in [5.74, 6) is 1.66. The van der Waals surface area contributed by atoms with Gasteiger partial charge in [0, 0.05) is 55.3 Å². The maximum Gasteiger partial charge on any atom is 0.302 e. The molecule has 5 rings (SSSR count). The second kappa shape index (κ2) is 12.2. The molecule has 1 N–H and O–H groups in total. The van der Waals surface area contributed by atoms with Crippen LogP contribution in [0.2, 0.25) is 5.02 Å². The Bertz CT molecular complexity index is 1330. The highest BCUT2D eigenvalue weighted by atomic mass is 35.5. The Hall–Kier alpha value is -3.39. The average Bonchev–Trinajstić information content (AvgIpc) is 3.09. The Morgan fingerprint density at radius 3 is 2.69 bits per heavy atom. The van der Waals surface area contributed by atoms with Gasteiger partial charge in [0.15, 0.2) is 0 Å². The molecule has 1 saturated heterocycles. The number of carbonyl (C=O) groups is 1. The minimum atomic E-state index is -0.807. The van der Waals surface area contributed by atoms with Crippen LogP contribution in [-0.2, 0) is 21.6 Å². The first-order valence-electron chi connectivity index (χ1n) is 13.3. The number of nitrogens with zero attached hydrogens (tertiary/aromatic N) is 2. The predicted octanol–water partition coefficient (Wildman–Crippen LogP) is 5.78. The van der Waals surface area contributed by atoms with Crippen molar-refractivity contribution in [2.24, 2.45) is 0 Å². The van der Waals surface area contributed by atoms with Crippen LogP contribution in [0.1, 0.15) is 42.9 Å². The van der Waals surface area contributed by atoms with Crippen LogP contribution in [-0.4, -0.2) is 53.8 Å². The molecule has 0 aliphatic carbocycles. The van der Waals surface area contributed by atoms with E-state index in [2.05, 4.69) is 16.0 Å². The molecular weight excluding hydrogens is 516 g/mol. The van der Waals surface area contributed by atoms with E-state index in [0.717, 1.165) is 48.3 Å². The number of carbonyl (C=O) groups excluding carboxylic acids is 1. The van der Waals surface area contributed by atoms with Crippen LogP contribution in [0.25, 0.3) is 5.57 Å². The van der Waals surface area contributed by atoms with Crippen molar-refractivity contribution >= 4 is 23.1 Å². The van der Waals surface area contributed by atoms with Gasteiger partial charge in [-0.15, -0.1) is 0 Å². The molecule has 2 aliphatic rings. The summed E-state index contributed by atoms with van der Waals surface area (Å²) >= 11 is 6.03. The lowest BCUT2D eigenvalue weighted by molar-refractivity contribution is -0.141. The Morgan fingerprint density at radius 1 is 1.13 bits per heavy atom. The fourth-order valence-electron chi connectivity index (χ4n) is 5.19. The van der Waals surface area contributed by atoms with Gasteiger partial charge in [0.05, 0.1) is 5.60 Å². The number of hydrogen-bond donors (Lipinski definition) is 1. The minimum Gasteiger partial charge on any atom is -0.490 e. The summed E-state index contributed by atoms with van der Waals surface area (Å²) in [7, 11) is 0. The van der Waals surface area contributed by atoms with Gasteiger partial charge in [0.25, 0.3) is 0 Å². The van der Waals surface area contributed by atoms with E-state index in [1.54, 1.807) is 6.20 Å². The normalized spacial score (nSPS) is 17.5. The predicted molar refractivity (Wildman–Crippen MR) is 150 cm³/mol. The van der Waals surface area contributed by atoms with Crippen molar-refractivity contribution in [3.63, 3.8) is 0 Å². The first-order valence-corrected chi connectivity index (χ1v) is 13.7. The van der Waals surface area contributed by atoms with E-state index in [1.165, 1.54) is 6.92 Å². The maximum absolute atomic E-state index is 11.2. The first-order chi connectivity index (χ1) is 18.9. The summed E-state index contributed by atoms with van der Waals surface area (Å²) in [6, 6.07) is 17.2. The number of likely N-dealkylation sites (tertiary alicyclic amines) is 1. The fraction of sp³-hybridized carbons (Fsp3) is 0.355. The summed E-state index contributed by atoms with van der Waals surface area (Å²) in [5.41, 5.74) is 3.16. The number of aliphatic hydroxyl groups is 1. The average molecular weight is 549 g/mol. The fourth-order valence-corrected chi connectivity index (χ4v) is 5.32. The smallest absolute Gasteiger partial charge is 0.302 e. The lowest BCUT2D eigenvalue weighted by atomic mass is 9.84. The number of pyridine rings is 1. The van der Waals surface area contributed by atoms with Gasteiger partial charge in [0.2, 0.25) is 5.88 Å². The number of allylic oxidation sites excluding steroid dienone is 1. The summed E-state index contributed by atoms with van der Waals surface area (Å²) in [6.07, 6.45) is 6.85. The molecule has 3 aromatic rings. The number of benzene rings is 2. The van der Waals surface area contributed by atoms with Gasteiger partial charge < -0.3 is 24.2 Å². The number of halogens is 1. The van der Waals surface area contributed by atoms with E-state index >= 15 is 0 Å². The molecule has 0 amide bonds. The second-order valence-corrected chi connectivity index (χ2v) is 10.4. The van der Waals surface area contributed by atoms with Gasteiger partial charge in [-0.2, -0.15) is 0 Å². The molecule has 2 aliphatic heterocycles. The number of esters is 1. The maximum atomic E-state index is 11.2. The van der Waals surface area contributed by atoms with Crippen LogP contribution in [0.3, 0.4) is 0 Å². The number of hydrogen-bond acceptors (Lipinski definition) is 7. The highest BCUT2D eigenvalue weighted by Crippen LogP contribution is 2.41. The molecule has 0 spiro atoms. The number of ether oxygens (including phenoxy) is 3. The highest BCUT2D eigenvalue weighted by Gasteiger charge is 2.33. The van der Waals surface area contributed by atoms with E-state index in [9.17, 15) is 9.90 Å². The van der Waals surface area contributed by atoms with Gasteiger partial charge in [-0.1, -0.05) is 35.9 Å². The number of rotatable bonds is 8. The zero-order valence-corrected chi connectivity index (χ0v) is 22.8. The van der Waals surface area contributed by atoms with Gasteiger partial charge in [-0.05, 0) is 66.8 Å². The van der Waals surface area contributed by atoms with Crippen LogP contribution >= 0.6 is 11.6 Å². The molecule has 0 atom stereocenters. The Kier molecular flexibility index (Phi) is 8.50. The summed E-state index contributed by atoms with van der Waals surface area (Å²) in [6.45, 7) is 4.38. The topological polar surface area (TPSA) is 81.1 Å². The molecule has 0 unspecified atom stereocenters. The molecule has 3 heterocycles. The van der Waals surface area contributed by atoms with Crippen LogP contribution in [0.15, 0.2) is 66.9 Å². The zero-order valence-electron chi connectivity index (χ0n) is 22.1. The molecule has 39 heavy (non-hydrogen) atoms. The highest BCUT2D eigenvalue weighted by molar-refractivity contribution is 6.30. The zero-order chi connectivity index (χ0) is 27.2. The standard InChI is InChI=1S/C31H33ClN2O5/c1-22(35)37-19-20-38-28-7-2-8-29-27(28)21-23(26-6-3-15-33-30(26)39-29)5-4-16-34-17-13-31(36,14-18-34)24-9-11-25(32)12-10-24/h2-3,5-12,15,36H,4,13-14,16-21H2,1H3/b23-5-. The summed E-state index contributed by atoms with van der Waals surface area (Å²) in [4.78, 5) is 18.0. The van der Waals surface area contributed by atoms with E-state index in [4.69, 9.17) is 25.8 Å². The third kappa shape index (κ3) is 6.61. The van der Waals surface area contributed by atoms with Gasteiger partial charge in [0.1, 0.15) is 24.7 Å². The first kappa shape index (κ1) is 27.2. The van der Waals surface area contributed by atoms with E-state index in [0.29, 0.717) is 41.7 Å². The third-order valence-corrected chi connectivity index (χ3v) is 7.58. The van der Waals surface area contributed by atoms with Crippen LogP contribution < -0.4 is 9.47 Å². The quantitative estimate of drug-likeness (QED) is 0.282. The Morgan fingerprint density at radius 2 is 1.92 bits per heavy atom. The Labute approximate surface area is 234 Å². The number of aromatic nitrogens is 1. The molecule has 204 valence electrons. The largest absolute Gasteiger partial charge is 0.490 e. The number of fused-ring (bicyclic) bond motifs is 2. The molecule has 2 aromatic carbocycles. The summed E-state index contributed by atoms with van der Waals surface area (Å²) in [5, 5.41) is 11.9.